The lowest BCUT2D eigenvalue weighted by Crippen LogP contribution is -2.29. The number of benzene rings is 1. The molecular weight excluding hydrogens is 474 g/mol. The molecule has 188 valence electrons. The van der Waals surface area contributed by atoms with E-state index in [1.54, 1.807) is 12.4 Å². The number of unbranched alkanes of at least 4 members (excludes halogenated alkanes) is 2. The summed E-state index contributed by atoms with van der Waals surface area (Å²) in [5.74, 6) is 0.526. The molecule has 8 nitrogen and oxygen atoms in total. The highest BCUT2D eigenvalue weighted by Crippen LogP contribution is 2.32. The molecule has 5 rings (SSSR count). The van der Waals surface area contributed by atoms with E-state index >= 15 is 0 Å². The first-order chi connectivity index (χ1) is 17.7. The maximum absolute atomic E-state index is 13.6. The van der Waals surface area contributed by atoms with Gasteiger partial charge in [-0.1, -0.05) is 74.9 Å². The van der Waals surface area contributed by atoms with Gasteiger partial charge in [0.2, 0.25) is 5.82 Å². The van der Waals surface area contributed by atoms with Crippen molar-refractivity contribution in [2.24, 2.45) is 0 Å². The highest BCUT2D eigenvalue weighted by Gasteiger charge is 2.25. The number of aromatic amines is 1. The van der Waals surface area contributed by atoms with Crippen molar-refractivity contribution in [3.8, 4) is 22.5 Å². The number of aromatic nitrogens is 7. The zero-order valence-corrected chi connectivity index (χ0v) is 21.4. The molecule has 1 aliphatic carbocycles. The van der Waals surface area contributed by atoms with Gasteiger partial charge in [0.15, 0.2) is 0 Å². The molecule has 3 heterocycles. The quantitative estimate of drug-likeness (QED) is 0.289. The number of hydrogen-bond donors (Lipinski definition) is 1. The van der Waals surface area contributed by atoms with E-state index < -0.39 is 0 Å². The van der Waals surface area contributed by atoms with Crippen LogP contribution in [0, 0.1) is 0 Å². The summed E-state index contributed by atoms with van der Waals surface area (Å²) in [7, 11) is 0. The van der Waals surface area contributed by atoms with Crippen molar-refractivity contribution in [2.75, 3.05) is 0 Å². The molecule has 1 fully saturated rings. The maximum Gasteiger partial charge on any atom is 0.330 e. The summed E-state index contributed by atoms with van der Waals surface area (Å²) >= 11 is 6.90. The summed E-state index contributed by atoms with van der Waals surface area (Å²) in [5, 5.41) is 15.1. The summed E-state index contributed by atoms with van der Waals surface area (Å²) in [6.07, 6.45) is 13.3. The minimum absolute atomic E-state index is 0.0223. The summed E-state index contributed by atoms with van der Waals surface area (Å²) in [5.41, 5.74) is 4.83. The van der Waals surface area contributed by atoms with E-state index in [-0.39, 0.29) is 11.7 Å². The van der Waals surface area contributed by atoms with E-state index in [1.165, 1.54) is 6.42 Å². The van der Waals surface area contributed by atoms with Crippen molar-refractivity contribution >= 4 is 11.6 Å². The lowest BCUT2D eigenvalue weighted by atomic mass is 9.95. The summed E-state index contributed by atoms with van der Waals surface area (Å²) in [6.45, 7) is 2.69. The Hall–Kier alpha value is -3.26. The second kappa shape index (κ2) is 11.2. The van der Waals surface area contributed by atoms with Gasteiger partial charge in [0.05, 0.1) is 12.2 Å². The van der Waals surface area contributed by atoms with Gasteiger partial charge in [-0.2, -0.15) is 5.21 Å². The van der Waals surface area contributed by atoms with Crippen LogP contribution in [0.25, 0.3) is 22.5 Å². The van der Waals surface area contributed by atoms with Crippen LogP contribution in [0.3, 0.4) is 0 Å². The number of hydrogen-bond acceptors (Lipinski definition) is 5. The number of tetrazole rings is 1. The van der Waals surface area contributed by atoms with Crippen LogP contribution in [0.15, 0.2) is 47.5 Å². The van der Waals surface area contributed by atoms with Gasteiger partial charge in [0.1, 0.15) is 5.15 Å². The smallest absolute Gasteiger partial charge is 0.290 e. The molecule has 0 atom stereocenters. The van der Waals surface area contributed by atoms with E-state index in [4.69, 9.17) is 11.6 Å². The third kappa shape index (κ3) is 5.00. The van der Waals surface area contributed by atoms with Crippen LogP contribution in [0.1, 0.15) is 75.6 Å². The number of rotatable bonds is 9. The van der Waals surface area contributed by atoms with Gasteiger partial charge >= 0.3 is 5.69 Å². The molecule has 0 radical (unpaired) electrons. The monoisotopic (exact) mass is 505 g/mol. The standard InChI is InChI=1S/C27H32ClN7O/c1-2-3-5-10-24-25(28)35(21-8-6-4-7-9-21)27(36)34(24)18-19-11-13-20(14-12-19)23-17-29-16-15-22(23)26-30-32-33-31-26/h11-17,21H,2-10,18H2,1H3,(H,30,31,32,33). The highest BCUT2D eigenvalue weighted by molar-refractivity contribution is 6.30. The summed E-state index contributed by atoms with van der Waals surface area (Å²) in [4.78, 5) is 17.9. The lowest BCUT2D eigenvalue weighted by molar-refractivity contribution is 0.344. The van der Waals surface area contributed by atoms with Gasteiger partial charge in [-0.15, -0.1) is 10.2 Å². The first kappa shape index (κ1) is 24.4. The molecule has 36 heavy (non-hydrogen) atoms. The average molecular weight is 506 g/mol. The number of nitrogens with one attached hydrogen (secondary N) is 1. The second-order valence-electron chi connectivity index (χ2n) is 9.58. The zero-order valence-electron chi connectivity index (χ0n) is 20.7. The fourth-order valence-corrected chi connectivity index (χ4v) is 5.65. The highest BCUT2D eigenvalue weighted by atomic mass is 35.5. The van der Waals surface area contributed by atoms with Gasteiger partial charge in [-0.05, 0) is 48.1 Å². The Balaban J connectivity index is 1.45. The van der Waals surface area contributed by atoms with Gasteiger partial charge in [0, 0.05) is 29.6 Å². The van der Waals surface area contributed by atoms with E-state index in [9.17, 15) is 4.79 Å². The van der Waals surface area contributed by atoms with Crippen LogP contribution >= 0.6 is 11.6 Å². The molecule has 1 aromatic carbocycles. The van der Waals surface area contributed by atoms with Crippen LogP contribution < -0.4 is 5.69 Å². The second-order valence-corrected chi connectivity index (χ2v) is 9.94. The Labute approximate surface area is 215 Å². The first-order valence-electron chi connectivity index (χ1n) is 12.9. The Bertz CT molecular complexity index is 1340. The number of imidazole rings is 1. The van der Waals surface area contributed by atoms with E-state index in [0.717, 1.165) is 79.3 Å². The molecule has 9 heteroatoms. The van der Waals surface area contributed by atoms with Gasteiger partial charge in [-0.3, -0.25) is 14.1 Å². The molecule has 0 amide bonds. The fraction of sp³-hybridized carbons (Fsp3) is 0.444. The molecule has 1 N–H and O–H groups in total. The third-order valence-electron chi connectivity index (χ3n) is 7.18. The minimum atomic E-state index is 0.0223. The minimum Gasteiger partial charge on any atom is -0.290 e. The maximum atomic E-state index is 13.6. The molecule has 4 aromatic rings. The van der Waals surface area contributed by atoms with Crippen molar-refractivity contribution in [2.45, 2.75) is 77.3 Å². The molecule has 0 aliphatic heterocycles. The number of H-pyrrole nitrogens is 1. The average Bonchev–Trinajstić information content (AvgIpc) is 3.53. The summed E-state index contributed by atoms with van der Waals surface area (Å²) in [6, 6.07) is 10.3. The van der Waals surface area contributed by atoms with Crippen molar-refractivity contribution in [1.82, 2.24) is 34.7 Å². The number of pyridine rings is 1. The van der Waals surface area contributed by atoms with Crippen LogP contribution in [0.5, 0.6) is 0 Å². The molecule has 0 spiro atoms. The van der Waals surface area contributed by atoms with E-state index in [2.05, 4.69) is 56.8 Å². The fourth-order valence-electron chi connectivity index (χ4n) is 5.25. The van der Waals surface area contributed by atoms with Crippen molar-refractivity contribution in [3.05, 3.63) is 69.6 Å². The van der Waals surface area contributed by atoms with Gasteiger partial charge < -0.3 is 0 Å². The van der Waals surface area contributed by atoms with Gasteiger partial charge in [0.25, 0.3) is 0 Å². The van der Waals surface area contributed by atoms with Gasteiger partial charge in [-0.25, -0.2) is 4.79 Å². The van der Waals surface area contributed by atoms with Crippen LogP contribution in [0.4, 0.5) is 0 Å². The Morgan fingerprint density at radius 2 is 1.86 bits per heavy atom. The topological polar surface area (TPSA) is 94.3 Å². The van der Waals surface area contributed by atoms with Crippen molar-refractivity contribution in [3.63, 3.8) is 0 Å². The van der Waals surface area contributed by atoms with Crippen molar-refractivity contribution < 1.29 is 0 Å². The Morgan fingerprint density at radius 1 is 1.06 bits per heavy atom. The van der Waals surface area contributed by atoms with Crippen LogP contribution in [-0.4, -0.2) is 34.7 Å². The van der Waals surface area contributed by atoms with Crippen LogP contribution in [-0.2, 0) is 13.0 Å². The summed E-state index contributed by atoms with van der Waals surface area (Å²) < 4.78 is 3.78. The third-order valence-corrected chi connectivity index (χ3v) is 7.58. The van der Waals surface area contributed by atoms with E-state index in [0.29, 0.717) is 17.5 Å². The number of halogens is 1. The molecule has 1 saturated carbocycles. The molecule has 0 unspecified atom stereocenters. The van der Waals surface area contributed by atoms with Crippen molar-refractivity contribution in [1.29, 1.82) is 0 Å². The SMILES string of the molecule is CCCCCc1c(Cl)n(C2CCCCC2)c(=O)n1Cc1ccc(-c2cnccc2-c2nn[nH]n2)cc1. The normalized spacial score (nSPS) is 14.4. The number of nitrogens with zero attached hydrogens (tertiary/aromatic N) is 6. The lowest BCUT2D eigenvalue weighted by Gasteiger charge is -2.22. The molecule has 0 bridgehead atoms. The zero-order chi connectivity index (χ0) is 24.9. The Kier molecular flexibility index (Phi) is 7.60. The molecule has 0 saturated heterocycles. The van der Waals surface area contributed by atoms with E-state index in [1.807, 2.05) is 15.2 Å². The largest absolute Gasteiger partial charge is 0.330 e. The predicted octanol–water partition coefficient (Wildman–Crippen LogP) is 5.83. The molecule has 1 aliphatic rings. The molecule has 3 aromatic heterocycles. The Morgan fingerprint density at radius 3 is 2.58 bits per heavy atom. The first-order valence-corrected chi connectivity index (χ1v) is 13.3. The van der Waals surface area contributed by atoms with Crippen LogP contribution in [0.2, 0.25) is 5.15 Å². The molecular formula is C27H32ClN7O. The predicted molar refractivity (Wildman–Crippen MR) is 141 cm³/mol.